The largest absolute Gasteiger partial charge is 0.352 e. The van der Waals surface area contributed by atoms with Gasteiger partial charge in [-0.3, -0.25) is 13.9 Å². The highest BCUT2D eigenvalue weighted by Crippen LogP contribution is 2.25. The minimum atomic E-state index is -3.57. The fourth-order valence-corrected chi connectivity index (χ4v) is 5.15. The molecule has 0 saturated heterocycles. The molecule has 37 heavy (non-hydrogen) atoms. The van der Waals surface area contributed by atoms with Gasteiger partial charge in [0, 0.05) is 25.6 Å². The average molecular weight is 534 g/mol. The maximum absolute atomic E-state index is 13.5. The Hall–Kier alpha value is -2.94. The number of hydrogen-bond donors (Lipinski definition) is 1. The summed E-state index contributed by atoms with van der Waals surface area (Å²) < 4.78 is 40.0. The van der Waals surface area contributed by atoms with E-state index in [0.29, 0.717) is 17.7 Å². The highest BCUT2D eigenvalue weighted by molar-refractivity contribution is 7.92. The van der Waals surface area contributed by atoms with E-state index in [1.807, 2.05) is 46.8 Å². The summed E-state index contributed by atoms with van der Waals surface area (Å²) in [6.45, 7) is 9.80. The number of nitrogens with one attached hydrogen (secondary N) is 1. The van der Waals surface area contributed by atoms with E-state index in [-0.39, 0.29) is 49.6 Å². The van der Waals surface area contributed by atoms with Gasteiger partial charge in [0.1, 0.15) is 11.9 Å². The third-order valence-electron chi connectivity index (χ3n) is 6.65. The van der Waals surface area contributed by atoms with Gasteiger partial charge in [0.05, 0.1) is 11.9 Å². The summed E-state index contributed by atoms with van der Waals surface area (Å²) in [6.07, 6.45) is 2.67. The Balaban J connectivity index is 2.25. The monoisotopic (exact) mass is 533 g/mol. The molecule has 0 fully saturated rings. The molecule has 0 aliphatic rings. The predicted octanol–water partition coefficient (Wildman–Crippen LogP) is 4.71. The Morgan fingerprint density at radius 1 is 1.03 bits per heavy atom. The Morgan fingerprint density at radius 3 is 2.24 bits per heavy atom. The quantitative estimate of drug-likeness (QED) is 0.404. The average Bonchev–Trinajstić information content (AvgIpc) is 2.84. The number of hydrogen-bond acceptors (Lipinski definition) is 4. The molecule has 204 valence electrons. The molecule has 1 N–H and O–H groups in total. The van der Waals surface area contributed by atoms with Gasteiger partial charge in [0.25, 0.3) is 0 Å². The number of carbonyl (C=O) groups excluding carboxylic acids is 2. The van der Waals surface area contributed by atoms with Crippen molar-refractivity contribution < 1.29 is 22.4 Å². The Bertz CT molecular complexity index is 1170. The molecule has 0 spiro atoms. The molecule has 0 unspecified atom stereocenters. The van der Waals surface area contributed by atoms with E-state index in [0.717, 1.165) is 23.8 Å². The van der Waals surface area contributed by atoms with Crippen molar-refractivity contribution in [2.75, 3.05) is 17.1 Å². The summed E-state index contributed by atoms with van der Waals surface area (Å²) in [5, 5.41) is 2.96. The molecule has 9 heteroatoms. The molecule has 7 nitrogen and oxygen atoms in total. The molecule has 2 amide bonds. The molecule has 2 aromatic rings. The fourth-order valence-electron chi connectivity index (χ4n) is 4.14. The Labute approximate surface area is 221 Å². The predicted molar refractivity (Wildman–Crippen MR) is 146 cm³/mol. The molecule has 2 atom stereocenters. The van der Waals surface area contributed by atoms with Crippen LogP contribution in [0.15, 0.2) is 42.5 Å². The SMILES string of the molecule is CC[C@@H](C)NC(=O)[C@@H](CC)N(Cc1ccc(F)cc1)C(=O)CCCN(c1cccc(C)c1C)S(C)(=O)=O. The lowest BCUT2D eigenvalue weighted by molar-refractivity contribution is -0.141. The maximum Gasteiger partial charge on any atom is 0.243 e. The summed E-state index contributed by atoms with van der Waals surface area (Å²) in [6, 6.07) is 10.6. The highest BCUT2D eigenvalue weighted by Gasteiger charge is 2.29. The molecule has 0 aromatic heterocycles. The molecule has 0 aliphatic heterocycles. The first kappa shape index (κ1) is 30.3. The highest BCUT2D eigenvalue weighted by atomic mass is 32.2. The van der Waals surface area contributed by atoms with Crippen molar-refractivity contribution in [3.05, 3.63) is 65.0 Å². The first-order chi connectivity index (χ1) is 17.4. The second kappa shape index (κ2) is 13.6. The first-order valence-electron chi connectivity index (χ1n) is 12.8. The third kappa shape index (κ3) is 8.55. The number of sulfonamides is 1. The second-order valence-electron chi connectivity index (χ2n) is 9.55. The van der Waals surface area contributed by atoms with Gasteiger partial charge in [-0.2, -0.15) is 0 Å². The van der Waals surface area contributed by atoms with Crippen LogP contribution >= 0.6 is 0 Å². The van der Waals surface area contributed by atoms with Crippen molar-refractivity contribution in [1.82, 2.24) is 10.2 Å². The van der Waals surface area contributed by atoms with Crippen LogP contribution in [0.3, 0.4) is 0 Å². The molecular formula is C28H40FN3O4S. The summed E-state index contributed by atoms with van der Waals surface area (Å²) in [5.74, 6) is -0.874. The van der Waals surface area contributed by atoms with Crippen LogP contribution in [0.2, 0.25) is 0 Å². The van der Waals surface area contributed by atoms with Gasteiger partial charge in [-0.25, -0.2) is 12.8 Å². The van der Waals surface area contributed by atoms with E-state index in [1.54, 1.807) is 18.2 Å². The van der Waals surface area contributed by atoms with Gasteiger partial charge in [-0.15, -0.1) is 0 Å². The van der Waals surface area contributed by atoms with Gasteiger partial charge in [-0.05, 0) is 74.9 Å². The van der Waals surface area contributed by atoms with Gasteiger partial charge < -0.3 is 10.2 Å². The molecule has 0 radical (unpaired) electrons. The topological polar surface area (TPSA) is 86.8 Å². The number of halogens is 1. The van der Waals surface area contributed by atoms with E-state index in [4.69, 9.17) is 0 Å². The molecule has 2 aromatic carbocycles. The zero-order valence-electron chi connectivity index (χ0n) is 22.8. The van der Waals surface area contributed by atoms with Crippen molar-refractivity contribution in [1.29, 1.82) is 0 Å². The van der Waals surface area contributed by atoms with Crippen molar-refractivity contribution in [3.8, 4) is 0 Å². The van der Waals surface area contributed by atoms with Crippen molar-refractivity contribution in [3.63, 3.8) is 0 Å². The standard InChI is InChI=1S/C28H40FN3O4S/c1-7-21(4)30-28(34)25(8-2)31(19-23-14-16-24(29)17-15-23)27(33)13-10-18-32(37(6,35)36)26-12-9-11-20(3)22(26)5/h9,11-12,14-17,21,25H,7-8,10,13,18-19H2,1-6H3,(H,30,34)/t21-,25-/m1/s1. The molecule has 0 aliphatic carbocycles. The van der Waals surface area contributed by atoms with Crippen LogP contribution in [-0.4, -0.2) is 50.0 Å². The minimum Gasteiger partial charge on any atom is -0.352 e. The van der Waals surface area contributed by atoms with E-state index in [9.17, 15) is 22.4 Å². The van der Waals surface area contributed by atoms with E-state index >= 15 is 0 Å². The van der Waals surface area contributed by atoms with Crippen LogP contribution in [0, 0.1) is 19.7 Å². The van der Waals surface area contributed by atoms with Gasteiger partial charge in [0.2, 0.25) is 21.8 Å². The van der Waals surface area contributed by atoms with Crippen molar-refractivity contribution >= 4 is 27.5 Å². The minimum absolute atomic E-state index is 0.0368. The third-order valence-corrected chi connectivity index (χ3v) is 7.83. The van der Waals surface area contributed by atoms with Gasteiger partial charge in [0.15, 0.2) is 0 Å². The number of carbonyl (C=O) groups is 2. The van der Waals surface area contributed by atoms with Crippen LogP contribution in [0.5, 0.6) is 0 Å². The number of benzene rings is 2. The number of nitrogens with zero attached hydrogens (tertiary/aromatic N) is 2. The summed E-state index contributed by atoms with van der Waals surface area (Å²) in [4.78, 5) is 28.0. The van der Waals surface area contributed by atoms with Crippen molar-refractivity contribution in [2.24, 2.45) is 0 Å². The maximum atomic E-state index is 13.5. The Morgan fingerprint density at radius 2 is 1.68 bits per heavy atom. The first-order valence-corrected chi connectivity index (χ1v) is 14.6. The number of rotatable bonds is 13. The van der Waals surface area contributed by atoms with Crippen LogP contribution < -0.4 is 9.62 Å². The normalized spacial score (nSPS) is 13.1. The summed E-state index contributed by atoms with van der Waals surface area (Å²) in [7, 11) is -3.57. The summed E-state index contributed by atoms with van der Waals surface area (Å²) in [5.41, 5.74) is 3.14. The van der Waals surface area contributed by atoms with E-state index < -0.39 is 16.1 Å². The number of amides is 2. The lowest BCUT2D eigenvalue weighted by atomic mass is 10.1. The van der Waals surface area contributed by atoms with Gasteiger partial charge in [-0.1, -0.05) is 38.1 Å². The molecule has 0 bridgehead atoms. The molecule has 2 rings (SSSR count). The lowest BCUT2D eigenvalue weighted by Gasteiger charge is -2.32. The molecular weight excluding hydrogens is 493 g/mol. The number of anilines is 1. The fraction of sp³-hybridized carbons (Fsp3) is 0.500. The molecule has 0 heterocycles. The summed E-state index contributed by atoms with van der Waals surface area (Å²) >= 11 is 0. The van der Waals surface area contributed by atoms with Crippen LogP contribution in [0.1, 0.15) is 63.1 Å². The van der Waals surface area contributed by atoms with Crippen LogP contribution in [-0.2, 0) is 26.2 Å². The zero-order chi connectivity index (χ0) is 27.8. The Kier molecular flexibility index (Phi) is 11.1. The van der Waals surface area contributed by atoms with E-state index in [1.165, 1.54) is 21.3 Å². The lowest BCUT2D eigenvalue weighted by Crippen LogP contribution is -2.50. The van der Waals surface area contributed by atoms with Crippen LogP contribution in [0.25, 0.3) is 0 Å². The van der Waals surface area contributed by atoms with Crippen molar-refractivity contribution in [2.45, 2.75) is 78.9 Å². The zero-order valence-corrected chi connectivity index (χ0v) is 23.6. The molecule has 0 saturated carbocycles. The van der Waals surface area contributed by atoms with Gasteiger partial charge >= 0.3 is 0 Å². The number of aryl methyl sites for hydroxylation is 1. The van der Waals surface area contributed by atoms with E-state index in [2.05, 4.69) is 5.32 Å². The van der Waals surface area contributed by atoms with Crippen LogP contribution in [0.4, 0.5) is 10.1 Å². The second-order valence-corrected chi connectivity index (χ2v) is 11.5. The smallest absolute Gasteiger partial charge is 0.243 e.